The van der Waals surface area contributed by atoms with Gasteiger partial charge in [0.1, 0.15) is 6.10 Å². The number of aryl methyl sites for hydroxylation is 1. The zero-order valence-electron chi connectivity index (χ0n) is 15.0. The lowest BCUT2D eigenvalue weighted by Gasteiger charge is -2.42. The predicted molar refractivity (Wildman–Crippen MR) is 105 cm³/mol. The number of aliphatic hydroxyl groups is 2. The van der Waals surface area contributed by atoms with E-state index in [9.17, 15) is 15.0 Å². The topological polar surface area (TPSA) is 76.0 Å². The summed E-state index contributed by atoms with van der Waals surface area (Å²) in [7, 11) is 1.72. The molecule has 1 aliphatic heterocycles. The van der Waals surface area contributed by atoms with E-state index >= 15 is 0 Å². The van der Waals surface area contributed by atoms with Gasteiger partial charge in [-0.3, -0.25) is 4.79 Å². The number of anilines is 1. The number of aliphatic hydroxyl groups excluding tert-OH is 2. The van der Waals surface area contributed by atoms with Crippen LogP contribution < -0.4 is 10.2 Å². The third-order valence-corrected chi connectivity index (χ3v) is 5.57. The minimum absolute atomic E-state index is 0.0885. The Balaban J connectivity index is 1.99. The molecule has 0 bridgehead atoms. The van der Waals surface area contributed by atoms with Crippen molar-refractivity contribution in [2.75, 3.05) is 18.5 Å². The predicted octanol–water partition coefficient (Wildman–Crippen LogP) is 0.813. The van der Waals surface area contributed by atoms with Crippen LogP contribution in [0.5, 0.6) is 0 Å². The molecule has 1 heterocycles. The molecule has 1 aromatic carbocycles. The van der Waals surface area contributed by atoms with Crippen LogP contribution in [0.2, 0.25) is 0 Å². The molecule has 26 heavy (non-hydrogen) atoms. The fourth-order valence-corrected chi connectivity index (χ4v) is 4.26. The van der Waals surface area contributed by atoms with Crippen molar-refractivity contribution in [1.82, 2.24) is 10.2 Å². The fraction of sp³-hybridized carbons (Fsp3) is 0.474. The first-order valence-electron chi connectivity index (χ1n) is 8.73. The van der Waals surface area contributed by atoms with Crippen LogP contribution in [0.1, 0.15) is 12.0 Å². The third kappa shape index (κ3) is 3.22. The van der Waals surface area contributed by atoms with Gasteiger partial charge in [0.15, 0.2) is 5.11 Å². The first-order chi connectivity index (χ1) is 12.3. The highest BCUT2D eigenvalue weighted by Gasteiger charge is 2.54. The lowest BCUT2D eigenvalue weighted by atomic mass is 9.77. The summed E-state index contributed by atoms with van der Waals surface area (Å²) in [4.78, 5) is 16.5. The molecule has 7 heteroatoms. The zero-order chi connectivity index (χ0) is 19.0. The minimum Gasteiger partial charge on any atom is -0.390 e. The monoisotopic (exact) mass is 375 g/mol. The molecule has 1 aromatic rings. The van der Waals surface area contributed by atoms with Crippen molar-refractivity contribution in [3.05, 3.63) is 42.5 Å². The molecule has 3 rings (SSSR count). The van der Waals surface area contributed by atoms with Crippen LogP contribution in [-0.2, 0) is 4.79 Å². The molecule has 1 saturated carbocycles. The van der Waals surface area contributed by atoms with Gasteiger partial charge in [-0.1, -0.05) is 23.8 Å². The van der Waals surface area contributed by atoms with Crippen LogP contribution in [0.25, 0.3) is 0 Å². The Kier molecular flexibility index (Phi) is 5.32. The lowest BCUT2D eigenvalue weighted by Crippen LogP contribution is -2.61. The Morgan fingerprint density at radius 3 is 2.69 bits per heavy atom. The average Bonchev–Trinajstić information content (AvgIpc) is 2.96. The van der Waals surface area contributed by atoms with Gasteiger partial charge < -0.3 is 25.3 Å². The third-order valence-electron chi connectivity index (χ3n) is 5.25. The van der Waals surface area contributed by atoms with E-state index in [0.29, 0.717) is 11.7 Å². The van der Waals surface area contributed by atoms with Crippen LogP contribution in [0.3, 0.4) is 0 Å². The Morgan fingerprint density at radius 1 is 1.42 bits per heavy atom. The second kappa shape index (κ2) is 7.34. The molecule has 0 spiro atoms. The van der Waals surface area contributed by atoms with E-state index in [0.717, 1.165) is 11.3 Å². The maximum Gasteiger partial charge on any atom is 0.227 e. The number of nitrogens with one attached hydrogen (secondary N) is 1. The van der Waals surface area contributed by atoms with E-state index in [4.69, 9.17) is 12.2 Å². The number of fused-ring (bicyclic) bond motifs is 1. The summed E-state index contributed by atoms with van der Waals surface area (Å²) in [6, 6.07) is 7.03. The quantitative estimate of drug-likeness (QED) is 0.534. The Labute approximate surface area is 159 Å². The highest BCUT2D eigenvalue weighted by molar-refractivity contribution is 7.80. The Hall–Kier alpha value is -1.96. The molecular formula is C19H25N3O3S. The number of hydrogen-bond acceptors (Lipinski definition) is 4. The highest BCUT2D eigenvalue weighted by Crippen LogP contribution is 2.37. The van der Waals surface area contributed by atoms with Gasteiger partial charge >= 0.3 is 0 Å². The van der Waals surface area contributed by atoms with Gasteiger partial charge in [-0.2, -0.15) is 0 Å². The molecule has 0 radical (unpaired) electrons. The first kappa shape index (κ1) is 18.8. The van der Waals surface area contributed by atoms with Gasteiger partial charge in [-0.05, 0) is 37.7 Å². The van der Waals surface area contributed by atoms with Gasteiger partial charge in [0.2, 0.25) is 5.91 Å². The maximum absolute atomic E-state index is 13.0. The number of nitrogens with zero attached hydrogens (tertiary/aromatic N) is 2. The molecule has 6 nitrogen and oxygen atoms in total. The molecular weight excluding hydrogens is 350 g/mol. The highest BCUT2D eigenvalue weighted by atomic mass is 32.1. The number of carbonyl (C=O) groups is 1. The van der Waals surface area contributed by atoms with E-state index in [1.807, 2.05) is 36.1 Å². The summed E-state index contributed by atoms with van der Waals surface area (Å²) in [5.41, 5.74) is 1.99. The maximum atomic E-state index is 13.0. The van der Waals surface area contributed by atoms with Crippen LogP contribution >= 0.6 is 12.2 Å². The molecule has 0 aromatic heterocycles. The molecule has 140 valence electrons. The summed E-state index contributed by atoms with van der Waals surface area (Å²) >= 11 is 5.50. The molecule has 2 aliphatic rings. The van der Waals surface area contributed by atoms with E-state index in [2.05, 4.69) is 11.9 Å². The van der Waals surface area contributed by atoms with Crippen LogP contribution in [0.15, 0.2) is 36.9 Å². The molecule has 2 fully saturated rings. The standard InChI is InChI=1S/C19H25N3O3S/c1-4-9-21(3)18(25)13-10-14(23)17(24)15-16(13)22(19(26)20-15)12-7-5-11(2)6-8-12/h4-8,13-17,23-24H,1,9-10H2,2-3H3,(H,20,26)/t13-,14-,15-,16+,17+/m1/s1. The molecule has 1 saturated heterocycles. The number of hydrogen-bond donors (Lipinski definition) is 3. The van der Waals surface area contributed by atoms with Gasteiger partial charge in [-0.15, -0.1) is 6.58 Å². The smallest absolute Gasteiger partial charge is 0.227 e. The number of amides is 1. The Morgan fingerprint density at radius 2 is 2.08 bits per heavy atom. The van der Waals surface area contributed by atoms with Crippen molar-refractivity contribution in [3.8, 4) is 0 Å². The van der Waals surface area contributed by atoms with Crippen LogP contribution in [0.4, 0.5) is 5.69 Å². The van der Waals surface area contributed by atoms with Crippen molar-refractivity contribution in [2.45, 2.75) is 37.6 Å². The van der Waals surface area contributed by atoms with Gasteiger partial charge in [0.25, 0.3) is 0 Å². The van der Waals surface area contributed by atoms with Gasteiger partial charge in [-0.25, -0.2) is 0 Å². The largest absolute Gasteiger partial charge is 0.390 e. The molecule has 1 amide bonds. The van der Waals surface area contributed by atoms with Crippen molar-refractivity contribution >= 4 is 28.9 Å². The fourth-order valence-electron chi connectivity index (χ4n) is 3.90. The average molecular weight is 375 g/mol. The summed E-state index contributed by atoms with van der Waals surface area (Å²) in [6.07, 6.45) is -0.105. The van der Waals surface area contributed by atoms with Crippen molar-refractivity contribution in [2.24, 2.45) is 5.92 Å². The lowest BCUT2D eigenvalue weighted by molar-refractivity contribution is -0.139. The normalized spacial score (nSPS) is 30.5. The van der Waals surface area contributed by atoms with Crippen LogP contribution in [0, 0.1) is 12.8 Å². The number of rotatable bonds is 4. The molecule has 0 unspecified atom stereocenters. The number of carbonyl (C=O) groups excluding carboxylic acids is 1. The van der Waals surface area contributed by atoms with Crippen molar-refractivity contribution in [1.29, 1.82) is 0 Å². The Bertz CT molecular complexity index is 708. The second-order valence-electron chi connectivity index (χ2n) is 7.08. The summed E-state index contributed by atoms with van der Waals surface area (Å²) in [5.74, 6) is -0.577. The SMILES string of the molecule is C=CCN(C)C(=O)[C@@H]1C[C@@H](O)[C@H](O)[C@@H]2NC(=S)N(c3ccc(C)cc3)[C@H]21. The van der Waals surface area contributed by atoms with Crippen molar-refractivity contribution < 1.29 is 15.0 Å². The number of thiocarbonyl (C=S) groups is 1. The second-order valence-corrected chi connectivity index (χ2v) is 7.47. The van der Waals surface area contributed by atoms with E-state index in [1.54, 1.807) is 18.0 Å². The molecule has 1 aliphatic carbocycles. The summed E-state index contributed by atoms with van der Waals surface area (Å²) in [6.45, 7) is 6.11. The molecule has 3 N–H and O–H groups in total. The number of likely N-dealkylation sites (N-methyl/N-ethyl adjacent to an activating group) is 1. The van der Waals surface area contributed by atoms with E-state index in [-0.39, 0.29) is 18.4 Å². The van der Waals surface area contributed by atoms with Gasteiger partial charge in [0.05, 0.1) is 24.1 Å². The minimum atomic E-state index is -0.984. The number of benzene rings is 1. The van der Waals surface area contributed by atoms with E-state index in [1.165, 1.54) is 0 Å². The molecule has 5 atom stereocenters. The zero-order valence-corrected chi connectivity index (χ0v) is 15.8. The van der Waals surface area contributed by atoms with Gasteiger partial charge in [0, 0.05) is 19.3 Å². The van der Waals surface area contributed by atoms with E-state index < -0.39 is 24.2 Å². The summed E-state index contributed by atoms with van der Waals surface area (Å²) < 4.78 is 0. The van der Waals surface area contributed by atoms with Crippen LogP contribution in [-0.4, -0.2) is 64.0 Å². The first-order valence-corrected chi connectivity index (χ1v) is 9.14. The van der Waals surface area contributed by atoms with Crippen molar-refractivity contribution in [3.63, 3.8) is 0 Å². The summed E-state index contributed by atoms with van der Waals surface area (Å²) in [5, 5.41) is 24.3.